The second-order valence-corrected chi connectivity index (χ2v) is 7.46. The van der Waals surface area contributed by atoms with E-state index >= 15 is 0 Å². The Kier molecular flexibility index (Phi) is 5.73. The summed E-state index contributed by atoms with van der Waals surface area (Å²) < 4.78 is 0. The molecule has 146 valence electrons. The Labute approximate surface area is 163 Å². The third-order valence-corrected chi connectivity index (χ3v) is 4.88. The predicted octanol–water partition coefficient (Wildman–Crippen LogP) is 3.97. The van der Waals surface area contributed by atoms with Crippen LogP contribution in [-0.4, -0.2) is 34.7 Å². The number of rotatable bonds is 4. The fourth-order valence-corrected chi connectivity index (χ4v) is 3.73. The number of hydrogen-bond acceptors (Lipinski definition) is 4. The first kappa shape index (κ1) is 19.5. The zero-order valence-corrected chi connectivity index (χ0v) is 15.9. The van der Waals surface area contributed by atoms with Crippen molar-refractivity contribution in [2.45, 2.75) is 20.3 Å². The number of nitro groups is 1. The van der Waals surface area contributed by atoms with Crippen LogP contribution in [0.2, 0.25) is 0 Å². The minimum absolute atomic E-state index is 0.117. The average molecular weight is 381 g/mol. The topological polar surface area (TPSA) is 92.6 Å². The van der Waals surface area contributed by atoms with E-state index in [9.17, 15) is 19.7 Å². The molecule has 0 aromatic heterocycles. The Balaban J connectivity index is 1.82. The van der Waals surface area contributed by atoms with Crippen LogP contribution in [-0.2, 0) is 0 Å². The zero-order chi connectivity index (χ0) is 20.3. The first-order chi connectivity index (χ1) is 13.3. The summed E-state index contributed by atoms with van der Waals surface area (Å²) in [5.74, 6) is 0.247. The maximum atomic E-state index is 13.1. The van der Waals surface area contributed by atoms with E-state index in [4.69, 9.17) is 0 Å². The first-order valence-electron chi connectivity index (χ1n) is 9.29. The lowest BCUT2D eigenvalue weighted by atomic mass is 9.91. The van der Waals surface area contributed by atoms with Crippen LogP contribution in [0.4, 0.5) is 11.4 Å². The lowest BCUT2D eigenvalue weighted by Gasteiger charge is -2.35. The van der Waals surface area contributed by atoms with Crippen LogP contribution in [0.15, 0.2) is 48.5 Å². The molecule has 2 unspecified atom stereocenters. The predicted molar refractivity (Wildman–Crippen MR) is 106 cm³/mol. The molecule has 2 aromatic carbocycles. The van der Waals surface area contributed by atoms with Gasteiger partial charge in [-0.05, 0) is 36.5 Å². The van der Waals surface area contributed by atoms with Crippen LogP contribution in [0, 0.1) is 22.0 Å². The molecule has 2 amide bonds. The van der Waals surface area contributed by atoms with E-state index < -0.39 is 10.8 Å². The van der Waals surface area contributed by atoms with Crippen molar-refractivity contribution in [3.63, 3.8) is 0 Å². The van der Waals surface area contributed by atoms with Gasteiger partial charge in [-0.15, -0.1) is 0 Å². The number of nitro benzene ring substituents is 1. The van der Waals surface area contributed by atoms with Gasteiger partial charge in [0.15, 0.2) is 0 Å². The summed E-state index contributed by atoms with van der Waals surface area (Å²) >= 11 is 0. The van der Waals surface area contributed by atoms with Gasteiger partial charge in [0.2, 0.25) is 0 Å². The lowest BCUT2D eigenvalue weighted by molar-refractivity contribution is -0.384. The zero-order valence-electron chi connectivity index (χ0n) is 15.9. The van der Waals surface area contributed by atoms with Crippen molar-refractivity contribution in [3.05, 3.63) is 69.8 Å². The standard InChI is InChI=1S/C21H23N3O4/c1-14-10-15(2)13-23(12-14)21(26)18-8-3-4-9-19(18)22-20(25)16-6-5-7-17(11-16)24(27)28/h3-9,11,14-15H,10,12-13H2,1-2H3,(H,22,25). The fraction of sp³-hybridized carbons (Fsp3) is 0.333. The van der Waals surface area contributed by atoms with Gasteiger partial charge in [0.1, 0.15) is 0 Å². The molecule has 1 aliphatic heterocycles. The van der Waals surface area contributed by atoms with Gasteiger partial charge in [0, 0.05) is 30.8 Å². The molecule has 7 heteroatoms. The monoisotopic (exact) mass is 381 g/mol. The van der Waals surface area contributed by atoms with Crippen molar-refractivity contribution in [2.75, 3.05) is 18.4 Å². The highest BCUT2D eigenvalue weighted by atomic mass is 16.6. The molecular formula is C21H23N3O4. The van der Waals surface area contributed by atoms with Crippen LogP contribution in [0.5, 0.6) is 0 Å². The molecule has 3 rings (SSSR count). The van der Waals surface area contributed by atoms with E-state index in [0.717, 1.165) is 6.42 Å². The van der Waals surface area contributed by atoms with Gasteiger partial charge in [0.05, 0.1) is 16.2 Å². The number of nitrogens with zero attached hydrogens (tertiary/aromatic N) is 2. The minimum atomic E-state index is -0.549. The Bertz CT molecular complexity index is 902. The normalized spacial score (nSPS) is 19.1. The quantitative estimate of drug-likeness (QED) is 0.641. The summed E-state index contributed by atoms with van der Waals surface area (Å²) in [5, 5.41) is 13.7. The van der Waals surface area contributed by atoms with Gasteiger partial charge in [-0.2, -0.15) is 0 Å². The van der Waals surface area contributed by atoms with Gasteiger partial charge in [-0.25, -0.2) is 0 Å². The highest BCUT2D eigenvalue weighted by molar-refractivity contribution is 6.09. The molecule has 1 N–H and O–H groups in total. The molecular weight excluding hydrogens is 358 g/mol. The van der Waals surface area contributed by atoms with Crippen molar-refractivity contribution in [2.24, 2.45) is 11.8 Å². The van der Waals surface area contributed by atoms with Crippen LogP contribution in [0.3, 0.4) is 0 Å². The van der Waals surface area contributed by atoms with E-state index in [1.807, 2.05) is 4.90 Å². The number of likely N-dealkylation sites (tertiary alicyclic amines) is 1. The number of nitrogens with one attached hydrogen (secondary N) is 1. The molecule has 0 bridgehead atoms. The van der Waals surface area contributed by atoms with Gasteiger partial charge < -0.3 is 10.2 Å². The summed E-state index contributed by atoms with van der Waals surface area (Å²) in [6.45, 7) is 5.64. The number of benzene rings is 2. The van der Waals surface area contributed by atoms with Crippen molar-refractivity contribution >= 4 is 23.2 Å². The third kappa shape index (κ3) is 4.36. The van der Waals surface area contributed by atoms with Crippen LogP contribution in [0.25, 0.3) is 0 Å². The van der Waals surface area contributed by atoms with Gasteiger partial charge >= 0.3 is 0 Å². The highest BCUT2D eigenvalue weighted by Gasteiger charge is 2.27. The van der Waals surface area contributed by atoms with Crippen LogP contribution in [0.1, 0.15) is 41.0 Å². The second kappa shape index (κ2) is 8.21. The van der Waals surface area contributed by atoms with E-state index in [0.29, 0.717) is 36.2 Å². The summed E-state index contributed by atoms with van der Waals surface area (Å²) in [5.41, 5.74) is 0.822. The fourth-order valence-electron chi connectivity index (χ4n) is 3.73. The molecule has 0 spiro atoms. The third-order valence-electron chi connectivity index (χ3n) is 4.88. The summed E-state index contributed by atoms with van der Waals surface area (Å²) in [4.78, 5) is 37.9. The molecule has 1 fully saturated rings. The summed E-state index contributed by atoms with van der Waals surface area (Å²) in [6.07, 6.45) is 1.09. The molecule has 1 saturated heterocycles. The summed E-state index contributed by atoms with van der Waals surface area (Å²) in [6, 6.07) is 12.4. The van der Waals surface area contributed by atoms with Gasteiger partial charge in [-0.3, -0.25) is 19.7 Å². The molecule has 0 saturated carbocycles. The smallest absolute Gasteiger partial charge is 0.270 e. The Morgan fingerprint density at radius 1 is 1.07 bits per heavy atom. The van der Waals surface area contributed by atoms with Gasteiger partial charge in [0.25, 0.3) is 17.5 Å². The van der Waals surface area contributed by atoms with Gasteiger partial charge in [-0.1, -0.05) is 32.0 Å². The Hall–Kier alpha value is -3.22. The number of amides is 2. The largest absolute Gasteiger partial charge is 0.338 e. The van der Waals surface area contributed by atoms with Crippen molar-refractivity contribution < 1.29 is 14.5 Å². The number of piperidine rings is 1. The number of anilines is 1. The van der Waals surface area contributed by atoms with Crippen LogP contribution >= 0.6 is 0 Å². The summed E-state index contributed by atoms with van der Waals surface area (Å²) in [7, 11) is 0. The SMILES string of the molecule is CC1CC(C)CN(C(=O)c2ccccc2NC(=O)c2cccc([N+](=O)[O-])c2)C1. The number of para-hydroxylation sites is 1. The minimum Gasteiger partial charge on any atom is -0.338 e. The molecule has 28 heavy (non-hydrogen) atoms. The number of hydrogen-bond donors (Lipinski definition) is 1. The molecule has 1 aliphatic rings. The van der Waals surface area contributed by atoms with Crippen molar-refractivity contribution in [3.8, 4) is 0 Å². The van der Waals surface area contributed by atoms with Crippen LogP contribution < -0.4 is 5.32 Å². The molecule has 0 aliphatic carbocycles. The number of non-ortho nitro benzene ring substituents is 1. The molecule has 0 radical (unpaired) electrons. The van der Waals surface area contributed by atoms with Crippen molar-refractivity contribution in [1.29, 1.82) is 0 Å². The van der Waals surface area contributed by atoms with E-state index in [1.54, 1.807) is 24.3 Å². The van der Waals surface area contributed by atoms with E-state index in [-0.39, 0.29) is 17.2 Å². The highest BCUT2D eigenvalue weighted by Crippen LogP contribution is 2.25. The molecule has 2 aromatic rings. The second-order valence-electron chi connectivity index (χ2n) is 7.46. The number of carbonyl (C=O) groups is 2. The molecule has 1 heterocycles. The maximum absolute atomic E-state index is 13.1. The molecule has 2 atom stereocenters. The molecule has 7 nitrogen and oxygen atoms in total. The Morgan fingerprint density at radius 3 is 2.43 bits per heavy atom. The maximum Gasteiger partial charge on any atom is 0.270 e. The lowest BCUT2D eigenvalue weighted by Crippen LogP contribution is -2.42. The van der Waals surface area contributed by atoms with Crippen molar-refractivity contribution in [1.82, 2.24) is 4.90 Å². The first-order valence-corrected chi connectivity index (χ1v) is 9.29. The number of carbonyl (C=O) groups excluding carboxylic acids is 2. The van der Waals surface area contributed by atoms with E-state index in [2.05, 4.69) is 19.2 Å². The van der Waals surface area contributed by atoms with E-state index in [1.165, 1.54) is 24.3 Å². The Morgan fingerprint density at radius 2 is 1.75 bits per heavy atom. The average Bonchev–Trinajstić information content (AvgIpc) is 2.67.